The number of thioether (sulfide) groups is 1. The molecule has 1 aromatic carbocycles. The van der Waals surface area contributed by atoms with Gasteiger partial charge < -0.3 is 15.8 Å². The third-order valence-electron chi connectivity index (χ3n) is 4.94. The maximum Gasteiger partial charge on any atom is 0.274 e. The van der Waals surface area contributed by atoms with Crippen LogP contribution in [0.5, 0.6) is 0 Å². The van der Waals surface area contributed by atoms with Crippen molar-refractivity contribution < 1.29 is 9.53 Å². The second-order valence-electron chi connectivity index (χ2n) is 6.60. The van der Waals surface area contributed by atoms with Crippen molar-refractivity contribution >= 4 is 40.1 Å². The Labute approximate surface area is 166 Å². The molecule has 1 amide bonds. The van der Waals surface area contributed by atoms with Crippen LogP contribution in [-0.4, -0.2) is 35.0 Å². The minimum Gasteiger partial charge on any atom is -0.381 e. The Kier molecular flexibility index (Phi) is 5.08. The first-order valence-electron chi connectivity index (χ1n) is 8.66. The number of nitrogens with one attached hydrogen (secondary N) is 1. The number of hydrogen-bond donors (Lipinski definition) is 2. The third kappa shape index (κ3) is 3.67. The number of fused-ring (bicyclic) bond motifs is 1. The lowest BCUT2D eigenvalue weighted by Gasteiger charge is -2.44. The van der Waals surface area contributed by atoms with Crippen molar-refractivity contribution in [2.75, 3.05) is 24.3 Å². The number of aromatic nitrogens is 1. The summed E-state index contributed by atoms with van der Waals surface area (Å²) in [6.07, 6.45) is 2.23. The number of halogens is 1. The minimum absolute atomic E-state index is 0.257. The van der Waals surface area contributed by atoms with Gasteiger partial charge in [0.1, 0.15) is 5.69 Å². The third-order valence-corrected chi connectivity index (χ3v) is 6.12. The number of hydrogen-bond acceptors (Lipinski definition) is 6. The van der Waals surface area contributed by atoms with Gasteiger partial charge in [-0.2, -0.15) is 0 Å². The Morgan fingerprint density at radius 1 is 1.37 bits per heavy atom. The van der Waals surface area contributed by atoms with Gasteiger partial charge in [0.05, 0.1) is 17.2 Å². The van der Waals surface area contributed by atoms with Gasteiger partial charge in [0.15, 0.2) is 5.17 Å². The topological polar surface area (TPSA) is 89.6 Å². The Morgan fingerprint density at radius 2 is 2.26 bits per heavy atom. The van der Waals surface area contributed by atoms with Crippen LogP contribution in [0.2, 0.25) is 5.02 Å². The zero-order valence-electron chi connectivity index (χ0n) is 14.5. The molecule has 0 saturated carbocycles. The molecule has 27 heavy (non-hydrogen) atoms. The molecule has 0 bridgehead atoms. The van der Waals surface area contributed by atoms with E-state index in [1.165, 1.54) is 6.20 Å². The van der Waals surface area contributed by atoms with E-state index in [1.54, 1.807) is 23.9 Å². The van der Waals surface area contributed by atoms with Crippen LogP contribution in [0.3, 0.4) is 0 Å². The van der Waals surface area contributed by atoms with E-state index in [0.717, 1.165) is 17.7 Å². The molecular formula is C19H19ClN4O2S. The van der Waals surface area contributed by atoms with Crippen LogP contribution in [0.15, 0.2) is 47.6 Å². The summed E-state index contributed by atoms with van der Waals surface area (Å²) in [5.74, 6) is 0.847. The van der Waals surface area contributed by atoms with E-state index < -0.39 is 5.54 Å². The first-order chi connectivity index (χ1) is 13.1. The Hall–Kier alpha value is -2.09. The number of anilines is 1. The number of nitrogens with zero attached hydrogens (tertiary/aromatic N) is 2. The smallest absolute Gasteiger partial charge is 0.274 e. The van der Waals surface area contributed by atoms with Crippen molar-refractivity contribution in [2.45, 2.75) is 12.0 Å². The first-order valence-corrected chi connectivity index (χ1v) is 10.0. The number of rotatable bonds is 3. The number of aliphatic imine (C=N–C) groups is 1. The molecule has 0 radical (unpaired) electrons. The zero-order valence-corrected chi connectivity index (χ0v) is 16.1. The summed E-state index contributed by atoms with van der Waals surface area (Å²) in [7, 11) is 0. The molecule has 3 heterocycles. The molecule has 2 aliphatic heterocycles. The fourth-order valence-electron chi connectivity index (χ4n) is 3.56. The van der Waals surface area contributed by atoms with Crippen molar-refractivity contribution in [3.63, 3.8) is 0 Å². The number of nitrogens with two attached hydrogens (primary N) is 1. The van der Waals surface area contributed by atoms with E-state index in [2.05, 4.69) is 10.3 Å². The van der Waals surface area contributed by atoms with E-state index in [-0.39, 0.29) is 11.8 Å². The number of carbonyl (C=O) groups excluding carboxylic acids is 1. The molecular weight excluding hydrogens is 384 g/mol. The lowest BCUT2D eigenvalue weighted by molar-refractivity contribution is 0.0101. The summed E-state index contributed by atoms with van der Waals surface area (Å²) < 4.78 is 5.67. The number of benzene rings is 1. The second kappa shape index (κ2) is 7.50. The molecule has 140 valence electrons. The fourth-order valence-corrected chi connectivity index (χ4v) is 4.64. The average Bonchev–Trinajstić information content (AvgIpc) is 2.68. The van der Waals surface area contributed by atoms with Crippen LogP contribution in [0.4, 0.5) is 5.69 Å². The Balaban J connectivity index is 1.63. The SMILES string of the molecule is NC1=N[C@]2(c3cccc(NC(=O)c4ccc(Cl)cn4)c3)CCOCC2CS1. The van der Waals surface area contributed by atoms with Gasteiger partial charge in [-0.3, -0.25) is 9.79 Å². The lowest BCUT2D eigenvalue weighted by Crippen LogP contribution is -2.46. The highest BCUT2D eigenvalue weighted by Crippen LogP contribution is 2.45. The molecule has 0 aliphatic carbocycles. The highest BCUT2D eigenvalue weighted by atomic mass is 35.5. The van der Waals surface area contributed by atoms with Crippen molar-refractivity contribution in [1.82, 2.24) is 4.98 Å². The van der Waals surface area contributed by atoms with Crippen LogP contribution >= 0.6 is 23.4 Å². The highest BCUT2D eigenvalue weighted by molar-refractivity contribution is 8.13. The van der Waals surface area contributed by atoms with Gasteiger partial charge >= 0.3 is 0 Å². The largest absolute Gasteiger partial charge is 0.381 e. The van der Waals surface area contributed by atoms with E-state index in [0.29, 0.717) is 34.8 Å². The first kappa shape index (κ1) is 18.3. The molecule has 2 atom stereocenters. The van der Waals surface area contributed by atoms with Crippen LogP contribution < -0.4 is 11.1 Å². The molecule has 1 aromatic heterocycles. The standard InChI is InChI=1S/C19H19ClN4O2S/c20-14-4-5-16(22-9-14)17(25)23-15-3-1-2-12(8-15)19-6-7-26-10-13(19)11-27-18(21)24-19/h1-5,8-9,13H,6-7,10-11H2,(H2,21,24)(H,23,25)/t13?,19-/m0/s1. The highest BCUT2D eigenvalue weighted by Gasteiger charge is 2.45. The van der Waals surface area contributed by atoms with E-state index in [1.807, 2.05) is 24.3 Å². The molecule has 1 fully saturated rings. The molecule has 4 rings (SSSR count). The number of carbonyl (C=O) groups is 1. The molecule has 2 aliphatic rings. The summed E-state index contributed by atoms with van der Waals surface area (Å²) in [5, 5.41) is 3.99. The number of ether oxygens (including phenoxy) is 1. The van der Waals surface area contributed by atoms with Gasteiger partial charge in [0.25, 0.3) is 5.91 Å². The van der Waals surface area contributed by atoms with Crippen molar-refractivity contribution in [3.05, 3.63) is 58.9 Å². The predicted octanol–water partition coefficient (Wildman–Crippen LogP) is 3.28. The van der Waals surface area contributed by atoms with E-state index in [9.17, 15) is 4.79 Å². The van der Waals surface area contributed by atoms with Crippen molar-refractivity contribution in [2.24, 2.45) is 16.6 Å². The molecule has 2 aromatic rings. The Bertz CT molecular complexity index is 890. The monoisotopic (exact) mass is 402 g/mol. The maximum absolute atomic E-state index is 12.5. The molecule has 1 unspecified atom stereocenters. The Morgan fingerprint density at radius 3 is 3.07 bits per heavy atom. The van der Waals surface area contributed by atoms with E-state index in [4.69, 9.17) is 27.1 Å². The summed E-state index contributed by atoms with van der Waals surface area (Å²) in [5.41, 5.74) is 7.70. The minimum atomic E-state index is -0.396. The molecule has 8 heteroatoms. The van der Waals surface area contributed by atoms with Crippen molar-refractivity contribution in [3.8, 4) is 0 Å². The summed E-state index contributed by atoms with van der Waals surface area (Å²) >= 11 is 7.40. The van der Waals surface area contributed by atoms with Gasteiger partial charge in [-0.25, -0.2) is 4.98 Å². The number of amides is 1. The van der Waals surface area contributed by atoms with Gasteiger partial charge in [0, 0.05) is 36.6 Å². The normalized spacial score (nSPS) is 24.6. The quantitative estimate of drug-likeness (QED) is 0.822. The summed E-state index contributed by atoms with van der Waals surface area (Å²) in [4.78, 5) is 21.3. The summed E-state index contributed by atoms with van der Waals surface area (Å²) in [6.45, 7) is 1.30. The summed E-state index contributed by atoms with van der Waals surface area (Å²) in [6, 6.07) is 11.0. The van der Waals surface area contributed by atoms with Crippen LogP contribution in [0.25, 0.3) is 0 Å². The molecule has 0 spiro atoms. The molecule has 1 saturated heterocycles. The molecule has 6 nitrogen and oxygen atoms in total. The molecule has 3 N–H and O–H groups in total. The van der Waals surface area contributed by atoms with Crippen molar-refractivity contribution in [1.29, 1.82) is 0 Å². The van der Waals surface area contributed by atoms with Gasteiger partial charge in [-0.1, -0.05) is 35.5 Å². The number of pyridine rings is 1. The number of amidine groups is 1. The fraction of sp³-hybridized carbons (Fsp3) is 0.316. The lowest BCUT2D eigenvalue weighted by atomic mass is 9.75. The van der Waals surface area contributed by atoms with Gasteiger partial charge in [0.2, 0.25) is 0 Å². The van der Waals surface area contributed by atoms with Gasteiger partial charge in [-0.15, -0.1) is 0 Å². The maximum atomic E-state index is 12.5. The van der Waals surface area contributed by atoms with E-state index >= 15 is 0 Å². The predicted molar refractivity (Wildman–Crippen MR) is 108 cm³/mol. The average molecular weight is 403 g/mol. The second-order valence-corrected chi connectivity index (χ2v) is 8.08. The van der Waals surface area contributed by atoms with Crippen LogP contribution in [0.1, 0.15) is 22.5 Å². The van der Waals surface area contributed by atoms with Crippen LogP contribution in [0, 0.1) is 5.92 Å². The van der Waals surface area contributed by atoms with Gasteiger partial charge in [-0.05, 0) is 29.8 Å². The zero-order chi connectivity index (χ0) is 18.9. The van der Waals surface area contributed by atoms with Crippen LogP contribution in [-0.2, 0) is 10.3 Å².